The lowest BCUT2D eigenvalue weighted by atomic mass is 10.0. The lowest BCUT2D eigenvalue weighted by molar-refractivity contribution is -0.115. The molecule has 1 heterocycles. The first-order valence-corrected chi connectivity index (χ1v) is 10.2. The number of hydrogen-bond acceptors (Lipinski definition) is 4. The summed E-state index contributed by atoms with van der Waals surface area (Å²) in [5.74, 6) is -1.35. The largest absolute Gasteiger partial charge is 0.385 e. The predicted molar refractivity (Wildman–Crippen MR) is 118 cm³/mol. The molecule has 0 spiro atoms. The number of nitrogens with one attached hydrogen (secondary N) is 2. The molecule has 1 amide bonds. The number of anilines is 2. The number of benzene rings is 2. The predicted octanol–water partition coefficient (Wildman–Crippen LogP) is 4.72. The zero-order valence-corrected chi connectivity index (χ0v) is 17.3. The first kappa shape index (κ1) is 21.0. The van der Waals surface area contributed by atoms with Gasteiger partial charge in [-0.05, 0) is 68.9 Å². The Balaban J connectivity index is 1.62. The first-order valence-electron chi connectivity index (χ1n) is 10.2. The average molecular weight is 397 g/mol. The van der Waals surface area contributed by atoms with E-state index in [4.69, 9.17) is 0 Å². The summed E-state index contributed by atoms with van der Waals surface area (Å²) in [5.41, 5.74) is 3.80. The van der Waals surface area contributed by atoms with Gasteiger partial charge in [0.05, 0.1) is 5.69 Å². The number of fused-ring (bicyclic) bond motifs is 1. The van der Waals surface area contributed by atoms with Crippen LogP contribution >= 0.6 is 0 Å². The number of amides is 1. The summed E-state index contributed by atoms with van der Waals surface area (Å²) >= 11 is 0. The van der Waals surface area contributed by atoms with Crippen molar-refractivity contribution >= 4 is 29.2 Å². The maximum absolute atomic E-state index is 14.1. The molecule has 1 atom stereocenters. The fraction of sp³-hybridized carbons (Fsp3) is 0.391. The van der Waals surface area contributed by atoms with Crippen molar-refractivity contribution in [3.8, 4) is 0 Å². The van der Waals surface area contributed by atoms with Gasteiger partial charge in [0.25, 0.3) is 0 Å². The van der Waals surface area contributed by atoms with Gasteiger partial charge in [0.2, 0.25) is 5.91 Å². The van der Waals surface area contributed by atoms with Gasteiger partial charge in [-0.15, -0.1) is 0 Å². The molecule has 1 unspecified atom stereocenters. The van der Waals surface area contributed by atoms with Crippen LogP contribution in [0.4, 0.5) is 21.5 Å². The molecule has 0 fully saturated rings. The van der Waals surface area contributed by atoms with Gasteiger partial charge >= 0.3 is 0 Å². The van der Waals surface area contributed by atoms with Crippen LogP contribution in [-0.4, -0.2) is 43.2 Å². The smallest absolute Gasteiger partial charge is 0.237 e. The molecule has 2 N–H and O–H groups in total. The molecular formula is C23H29FN4O. The Bertz CT molecular complexity index is 892. The van der Waals surface area contributed by atoms with E-state index in [2.05, 4.69) is 34.4 Å². The zero-order valence-electron chi connectivity index (χ0n) is 17.3. The van der Waals surface area contributed by atoms with Crippen molar-refractivity contribution in [3.63, 3.8) is 0 Å². The maximum atomic E-state index is 14.1. The molecule has 5 nitrogen and oxygen atoms in total. The Morgan fingerprint density at radius 1 is 1.24 bits per heavy atom. The number of aliphatic imine (C=N–C) groups is 1. The second-order valence-corrected chi connectivity index (χ2v) is 7.25. The van der Waals surface area contributed by atoms with Crippen LogP contribution < -0.4 is 10.6 Å². The zero-order chi connectivity index (χ0) is 20.8. The lowest BCUT2D eigenvalue weighted by Crippen LogP contribution is -2.25. The molecule has 0 aromatic heterocycles. The normalized spacial score (nSPS) is 15.8. The fourth-order valence-electron chi connectivity index (χ4n) is 3.60. The van der Waals surface area contributed by atoms with Crippen LogP contribution in [0.25, 0.3) is 0 Å². The Kier molecular flexibility index (Phi) is 6.99. The van der Waals surface area contributed by atoms with Crippen LogP contribution in [0.3, 0.4) is 0 Å². The molecule has 2 aromatic rings. The van der Waals surface area contributed by atoms with Crippen LogP contribution in [0.15, 0.2) is 41.4 Å². The van der Waals surface area contributed by atoms with Crippen molar-refractivity contribution in [2.75, 3.05) is 36.8 Å². The van der Waals surface area contributed by atoms with E-state index in [-0.39, 0.29) is 5.91 Å². The SMILES string of the molecule is CCN(CC)CCCNc1ccc(N=CC2C(=O)Nc3cccc(F)c32)cc1C. The van der Waals surface area contributed by atoms with Crippen molar-refractivity contribution in [1.82, 2.24) is 4.90 Å². The number of rotatable bonds is 9. The number of aryl methyl sites for hydroxylation is 1. The number of nitrogens with zero attached hydrogens (tertiary/aromatic N) is 2. The number of halogens is 1. The lowest BCUT2D eigenvalue weighted by Gasteiger charge is -2.18. The van der Waals surface area contributed by atoms with Crippen molar-refractivity contribution in [2.24, 2.45) is 4.99 Å². The molecule has 0 bridgehead atoms. The van der Waals surface area contributed by atoms with Gasteiger partial charge in [0.1, 0.15) is 11.7 Å². The Labute approximate surface area is 172 Å². The van der Waals surface area contributed by atoms with Crippen molar-refractivity contribution in [1.29, 1.82) is 0 Å². The standard InChI is InChI=1S/C23H29FN4O/c1-4-28(5-2)13-7-12-25-20-11-10-17(14-16(20)3)26-15-18-22-19(24)8-6-9-21(22)27-23(18)29/h6,8-11,14-15,18,25H,4-5,7,12-13H2,1-3H3,(H,27,29). The first-order chi connectivity index (χ1) is 14.0. The van der Waals surface area contributed by atoms with Crippen molar-refractivity contribution in [2.45, 2.75) is 33.1 Å². The Morgan fingerprint density at radius 3 is 2.76 bits per heavy atom. The van der Waals surface area contributed by atoms with E-state index >= 15 is 0 Å². The second-order valence-electron chi connectivity index (χ2n) is 7.25. The number of hydrogen-bond donors (Lipinski definition) is 2. The molecule has 6 heteroatoms. The van der Waals surface area contributed by atoms with Crippen LogP contribution in [0.2, 0.25) is 0 Å². The molecule has 0 saturated heterocycles. The molecule has 2 aromatic carbocycles. The van der Waals surface area contributed by atoms with E-state index in [1.807, 2.05) is 25.1 Å². The highest BCUT2D eigenvalue weighted by atomic mass is 19.1. The van der Waals surface area contributed by atoms with Gasteiger partial charge in [-0.3, -0.25) is 9.79 Å². The molecule has 3 rings (SSSR count). The summed E-state index contributed by atoms with van der Waals surface area (Å²) < 4.78 is 14.1. The summed E-state index contributed by atoms with van der Waals surface area (Å²) in [7, 11) is 0. The van der Waals surface area contributed by atoms with E-state index in [0.29, 0.717) is 11.3 Å². The highest BCUT2D eigenvalue weighted by Crippen LogP contribution is 2.34. The highest BCUT2D eigenvalue weighted by molar-refractivity contribution is 6.12. The molecule has 154 valence electrons. The van der Waals surface area contributed by atoms with Gasteiger partial charge in [-0.25, -0.2) is 4.39 Å². The second kappa shape index (κ2) is 9.65. The molecule has 0 saturated carbocycles. The van der Waals surface area contributed by atoms with E-state index in [1.165, 1.54) is 12.3 Å². The molecule has 29 heavy (non-hydrogen) atoms. The fourth-order valence-corrected chi connectivity index (χ4v) is 3.60. The minimum absolute atomic E-state index is 0.253. The minimum atomic E-state index is -0.704. The Hall–Kier alpha value is -2.73. The van der Waals surface area contributed by atoms with E-state index in [9.17, 15) is 9.18 Å². The Morgan fingerprint density at radius 2 is 2.03 bits per heavy atom. The third kappa shape index (κ3) is 5.01. The van der Waals surface area contributed by atoms with E-state index in [0.717, 1.165) is 49.5 Å². The summed E-state index contributed by atoms with van der Waals surface area (Å²) in [4.78, 5) is 19.0. The van der Waals surface area contributed by atoms with Crippen molar-refractivity contribution < 1.29 is 9.18 Å². The summed E-state index contributed by atoms with van der Waals surface area (Å²) in [6, 6.07) is 10.5. The minimum Gasteiger partial charge on any atom is -0.385 e. The van der Waals surface area contributed by atoms with E-state index in [1.54, 1.807) is 12.1 Å². The third-order valence-corrected chi connectivity index (χ3v) is 5.35. The quantitative estimate of drug-likeness (QED) is 0.476. The number of carbonyl (C=O) groups is 1. The molecule has 1 aliphatic heterocycles. The van der Waals surface area contributed by atoms with Crippen molar-refractivity contribution in [3.05, 3.63) is 53.3 Å². The van der Waals surface area contributed by atoms with Crippen LogP contribution in [-0.2, 0) is 4.79 Å². The third-order valence-electron chi connectivity index (χ3n) is 5.35. The van der Waals surface area contributed by atoms with Gasteiger partial charge in [-0.2, -0.15) is 0 Å². The molecule has 0 aliphatic carbocycles. The van der Waals surface area contributed by atoms with Gasteiger partial charge < -0.3 is 15.5 Å². The molecular weight excluding hydrogens is 367 g/mol. The number of carbonyl (C=O) groups excluding carboxylic acids is 1. The van der Waals surface area contributed by atoms with Crippen LogP contribution in [0.5, 0.6) is 0 Å². The summed E-state index contributed by atoms with van der Waals surface area (Å²) in [6.45, 7) is 10.6. The topological polar surface area (TPSA) is 56.7 Å². The average Bonchev–Trinajstić information content (AvgIpc) is 3.04. The molecule has 0 radical (unpaired) electrons. The van der Waals surface area contributed by atoms with E-state index < -0.39 is 11.7 Å². The maximum Gasteiger partial charge on any atom is 0.237 e. The van der Waals surface area contributed by atoms with Crippen LogP contribution in [0, 0.1) is 12.7 Å². The summed E-state index contributed by atoms with van der Waals surface area (Å²) in [6.07, 6.45) is 2.61. The van der Waals surface area contributed by atoms with Gasteiger partial charge in [0, 0.05) is 29.7 Å². The highest BCUT2D eigenvalue weighted by Gasteiger charge is 2.31. The van der Waals surface area contributed by atoms with Crippen LogP contribution in [0.1, 0.15) is 37.3 Å². The van der Waals surface area contributed by atoms with Gasteiger partial charge in [-0.1, -0.05) is 19.9 Å². The monoisotopic (exact) mass is 396 g/mol. The molecule has 1 aliphatic rings. The van der Waals surface area contributed by atoms with Gasteiger partial charge in [0.15, 0.2) is 0 Å². The summed E-state index contributed by atoms with van der Waals surface area (Å²) in [5, 5.41) is 6.18.